The number of hydrogen-bond acceptors (Lipinski definition) is 3. The van der Waals surface area contributed by atoms with E-state index in [0.717, 1.165) is 11.1 Å². The second-order valence-electron chi connectivity index (χ2n) is 6.04. The normalized spacial score (nSPS) is 11.4. The summed E-state index contributed by atoms with van der Waals surface area (Å²) >= 11 is 4.96. The first-order valence-electron chi connectivity index (χ1n) is 6.56. The topological polar surface area (TPSA) is 58.4 Å². The molecule has 1 aromatic rings. The second-order valence-corrected chi connectivity index (χ2v) is 6.47. The number of carbonyl (C=O) groups is 1. The van der Waals surface area contributed by atoms with Crippen LogP contribution in [0.4, 0.5) is 0 Å². The van der Waals surface area contributed by atoms with Gasteiger partial charge in [-0.2, -0.15) is 0 Å². The number of benzene rings is 1. The minimum Gasteiger partial charge on any atom is -0.389 e. The number of hydrogen-bond donors (Lipinski definition) is 2. The summed E-state index contributed by atoms with van der Waals surface area (Å²) in [6.07, 6.45) is 0. The van der Waals surface area contributed by atoms with Crippen molar-refractivity contribution in [3.63, 3.8) is 0 Å². The van der Waals surface area contributed by atoms with Crippen molar-refractivity contribution >= 4 is 23.1 Å². The van der Waals surface area contributed by atoms with Gasteiger partial charge >= 0.3 is 0 Å². The molecular weight excluding hydrogens is 270 g/mol. The highest BCUT2D eigenvalue weighted by molar-refractivity contribution is 7.80. The highest BCUT2D eigenvalue weighted by Crippen LogP contribution is 2.08. The maximum atomic E-state index is 11.8. The molecule has 0 aliphatic carbocycles. The molecule has 0 radical (unpaired) electrons. The van der Waals surface area contributed by atoms with Crippen molar-refractivity contribution in [2.24, 2.45) is 5.73 Å². The van der Waals surface area contributed by atoms with Crippen molar-refractivity contribution in [3.05, 3.63) is 35.4 Å². The Kier molecular flexibility index (Phi) is 5.65. The van der Waals surface area contributed by atoms with Crippen LogP contribution in [0.3, 0.4) is 0 Å². The van der Waals surface area contributed by atoms with E-state index >= 15 is 0 Å². The first kappa shape index (κ1) is 16.6. The second kappa shape index (κ2) is 6.81. The molecule has 0 saturated carbocycles. The fourth-order valence-corrected chi connectivity index (χ4v) is 2.02. The largest absolute Gasteiger partial charge is 0.389 e. The van der Waals surface area contributed by atoms with Gasteiger partial charge in [-0.1, -0.05) is 30.4 Å². The predicted octanol–water partition coefficient (Wildman–Crippen LogP) is 1.67. The van der Waals surface area contributed by atoms with Crippen molar-refractivity contribution in [2.45, 2.75) is 32.9 Å². The lowest BCUT2D eigenvalue weighted by molar-refractivity contribution is -0.123. The third kappa shape index (κ3) is 6.12. The average molecular weight is 293 g/mol. The number of rotatable bonds is 5. The van der Waals surface area contributed by atoms with Gasteiger partial charge in [-0.3, -0.25) is 9.69 Å². The molecule has 0 atom stereocenters. The maximum Gasteiger partial charge on any atom is 0.234 e. The standard InChI is InChI=1S/C15H23N3OS/c1-15(2,3)17-13(19)10-18(4)9-11-6-5-7-12(8-11)14(16)20/h5-8H,9-10H2,1-4H3,(H2,16,20)(H,17,19). The van der Waals surface area contributed by atoms with Gasteiger partial charge in [0.25, 0.3) is 0 Å². The van der Waals surface area contributed by atoms with Crippen molar-refractivity contribution in [3.8, 4) is 0 Å². The van der Waals surface area contributed by atoms with Crippen LogP contribution >= 0.6 is 12.2 Å². The molecular formula is C15H23N3OS. The van der Waals surface area contributed by atoms with Gasteiger partial charge in [-0.25, -0.2) is 0 Å². The lowest BCUT2D eigenvalue weighted by Crippen LogP contribution is -2.45. The van der Waals surface area contributed by atoms with Crippen LogP contribution in [0.15, 0.2) is 24.3 Å². The Bertz CT molecular complexity index is 494. The molecule has 0 spiro atoms. The minimum absolute atomic E-state index is 0.0190. The van der Waals surface area contributed by atoms with E-state index in [4.69, 9.17) is 18.0 Å². The summed E-state index contributed by atoms with van der Waals surface area (Å²) in [6.45, 7) is 6.94. The third-order valence-electron chi connectivity index (χ3n) is 2.59. The van der Waals surface area contributed by atoms with E-state index in [1.807, 2.05) is 57.0 Å². The van der Waals surface area contributed by atoms with Gasteiger partial charge in [0, 0.05) is 17.6 Å². The first-order valence-corrected chi connectivity index (χ1v) is 6.96. The van der Waals surface area contributed by atoms with Crippen LogP contribution in [-0.2, 0) is 11.3 Å². The molecule has 1 rings (SSSR count). The van der Waals surface area contributed by atoms with E-state index < -0.39 is 0 Å². The molecule has 1 aromatic carbocycles. The molecule has 0 bridgehead atoms. The number of likely N-dealkylation sites (N-methyl/N-ethyl adjacent to an activating group) is 1. The van der Waals surface area contributed by atoms with Gasteiger partial charge in [0.15, 0.2) is 0 Å². The summed E-state index contributed by atoms with van der Waals surface area (Å²) in [5.41, 5.74) is 7.35. The molecule has 20 heavy (non-hydrogen) atoms. The maximum absolute atomic E-state index is 11.8. The summed E-state index contributed by atoms with van der Waals surface area (Å²) in [4.78, 5) is 14.2. The molecule has 0 heterocycles. The van der Waals surface area contributed by atoms with Crippen molar-refractivity contribution in [1.29, 1.82) is 0 Å². The van der Waals surface area contributed by atoms with Crippen LogP contribution in [0.25, 0.3) is 0 Å². The molecule has 3 N–H and O–H groups in total. The lowest BCUT2D eigenvalue weighted by atomic mass is 10.1. The van der Waals surface area contributed by atoms with Crippen LogP contribution in [0, 0.1) is 0 Å². The van der Waals surface area contributed by atoms with E-state index in [9.17, 15) is 4.79 Å². The number of amides is 1. The molecule has 0 aromatic heterocycles. The Morgan fingerprint density at radius 2 is 2.05 bits per heavy atom. The molecule has 1 amide bonds. The summed E-state index contributed by atoms with van der Waals surface area (Å²) in [5, 5.41) is 2.94. The third-order valence-corrected chi connectivity index (χ3v) is 2.83. The molecule has 5 heteroatoms. The fourth-order valence-electron chi connectivity index (χ4n) is 1.89. The minimum atomic E-state index is -0.205. The zero-order valence-electron chi connectivity index (χ0n) is 12.6. The number of carbonyl (C=O) groups excluding carboxylic acids is 1. The summed E-state index contributed by atoms with van der Waals surface area (Å²) in [6, 6.07) is 7.77. The first-order chi connectivity index (χ1) is 9.17. The summed E-state index contributed by atoms with van der Waals surface area (Å²) < 4.78 is 0. The van der Waals surface area contributed by atoms with Crippen molar-refractivity contribution in [1.82, 2.24) is 10.2 Å². The smallest absolute Gasteiger partial charge is 0.234 e. The Morgan fingerprint density at radius 1 is 1.40 bits per heavy atom. The van der Waals surface area contributed by atoms with Gasteiger partial charge in [-0.05, 0) is 39.4 Å². The summed E-state index contributed by atoms with van der Waals surface area (Å²) in [7, 11) is 1.91. The Morgan fingerprint density at radius 3 is 2.60 bits per heavy atom. The Labute approximate surface area is 126 Å². The van der Waals surface area contributed by atoms with E-state index in [-0.39, 0.29) is 11.4 Å². The average Bonchev–Trinajstić information content (AvgIpc) is 2.25. The number of nitrogens with one attached hydrogen (secondary N) is 1. The highest BCUT2D eigenvalue weighted by atomic mass is 32.1. The van der Waals surface area contributed by atoms with Gasteiger partial charge in [-0.15, -0.1) is 0 Å². The van der Waals surface area contributed by atoms with E-state index in [1.54, 1.807) is 0 Å². The van der Waals surface area contributed by atoms with Gasteiger partial charge in [0.2, 0.25) is 5.91 Å². The molecule has 4 nitrogen and oxygen atoms in total. The van der Waals surface area contributed by atoms with Crippen molar-refractivity contribution in [2.75, 3.05) is 13.6 Å². The van der Waals surface area contributed by atoms with Crippen molar-refractivity contribution < 1.29 is 4.79 Å². The van der Waals surface area contributed by atoms with Gasteiger partial charge < -0.3 is 11.1 Å². The zero-order valence-corrected chi connectivity index (χ0v) is 13.4. The SMILES string of the molecule is CN(CC(=O)NC(C)(C)C)Cc1cccc(C(N)=S)c1. The Balaban J connectivity index is 2.58. The monoisotopic (exact) mass is 293 g/mol. The van der Waals surface area contributed by atoms with E-state index in [0.29, 0.717) is 18.1 Å². The molecule has 110 valence electrons. The highest BCUT2D eigenvalue weighted by Gasteiger charge is 2.15. The summed E-state index contributed by atoms with van der Waals surface area (Å²) in [5.74, 6) is 0.0190. The fraction of sp³-hybridized carbons (Fsp3) is 0.467. The Hall–Kier alpha value is -1.46. The van der Waals surface area contributed by atoms with Crippen LogP contribution in [0.1, 0.15) is 31.9 Å². The van der Waals surface area contributed by atoms with Crippen LogP contribution in [0.5, 0.6) is 0 Å². The van der Waals surface area contributed by atoms with Gasteiger partial charge in [0.1, 0.15) is 4.99 Å². The quantitative estimate of drug-likeness (QED) is 0.811. The predicted molar refractivity (Wildman–Crippen MR) is 86.6 cm³/mol. The zero-order chi connectivity index (χ0) is 15.3. The van der Waals surface area contributed by atoms with Crippen LogP contribution in [-0.4, -0.2) is 34.9 Å². The van der Waals surface area contributed by atoms with Crippen LogP contribution < -0.4 is 11.1 Å². The molecule has 0 fully saturated rings. The van der Waals surface area contributed by atoms with E-state index in [2.05, 4.69) is 5.32 Å². The number of thiocarbonyl (C=S) groups is 1. The molecule has 0 unspecified atom stereocenters. The van der Waals surface area contributed by atoms with E-state index in [1.165, 1.54) is 0 Å². The van der Waals surface area contributed by atoms with Gasteiger partial charge in [0.05, 0.1) is 6.54 Å². The molecule has 0 aliphatic heterocycles. The molecule has 0 aliphatic rings. The molecule has 0 saturated heterocycles. The van der Waals surface area contributed by atoms with Crippen LogP contribution in [0.2, 0.25) is 0 Å². The number of nitrogens with two attached hydrogens (primary N) is 1. The number of nitrogens with zero attached hydrogens (tertiary/aromatic N) is 1. The lowest BCUT2D eigenvalue weighted by Gasteiger charge is -2.23.